The zero-order chi connectivity index (χ0) is 21.5. The number of carbonyl (C=O) groups excluding carboxylic acids is 2. The number of aromatic amines is 1. The van der Waals surface area contributed by atoms with Gasteiger partial charge in [-0.2, -0.15) is 0 Å². The minimum absolute atomic E-state index is 0.0345. The number of Topliss-reactive ketones (excluding diaryl/α,β-unsaturated/α-hetero) is 2. The van der Waals surface area contributed by atoms with Crippen LogP contribution in [0.4, 0.5) is 4.39 Å². The summed E-state index contributed by atoms with van der Waals surface area (Å²) in [5.74, 6) is -0.0485. The summed E-state index contributed by atoms with van der Waals surface area (Å²) in [6.07, 6.45) is 6.25. The Labute approximate surface area is 177 Å². The number of unbranched alkanes of at least 4 members (excludes halogenated alkanes) is 1. The Morgan fingerprint density at radius 2 is 1.70 bits per heavy atom. The minimum Gasteiger partial charge on any atom is -0.361 e. The molecule has 30 heavy (non-hydrogen) atoms. The molecule has 0 unspecified atom stereocenters. The van der Waals surface area contributed by atoms with Gasteiger partial charge >= 0.3 is 0 Å². The molecule has 0 saturated carbocycles. The van der Waals surface area contributed by atoms with Gasteiger partial charge in [0.2, 0.25) is 0 Å². The van der Waals surface area contributed by atoms with Gasteiger partial charge in [-0.25, -0.2) is 4.39 Å². The molecule has 0 radical (unpaired) electrons. The van der Waals surface area contributed by atoms with Gasteiger partial charge in [0.25, 0.3) is 0 Å². The number of fused-ring (bicyclic) bond motifs is 1. The predicted octanol–water partition coefficient (Wildman–Crippen LogP) is 6.52. The number of H-pyrrole nitrogens is 1. The zero-order valence-electron chi connectivity index (χ0n) is 17.8. The monoisotopic (exact) mass is 407 g/mol. The van der Waals surface area contributed by atoms with Crippen molar-refractivity contribution in [3.05, 3.63) is 71.7 Å². The molecule has 2 aromatic carbocycles. The van der Waals surface area contributed by atoms with Gasteiger partial charge in [-0.3, -0.25) is 9.59 Å². The van der Waals surface area contributed by atoms with Crippen LogP contribution in [0.25, 0.3) is 10.9 Å². The third kappa shape index (κ3) is 5.65. The first-order valence-electron chi connectivity index (χ1n) is 10.8. The van der Waals surface area contributed by atoms with Crippen LogP contribution in [0.2, 0.25) is 0 Å². The lowest BCUT2D eigenvalue weighted by Gasteiger charge is -2.19. The lowest BCUT2D eigenvalue weighted by atomic mass is 9.84. The third-order valence-electron chi connectivity index (χ3n) is 5.86. The van der Waals surface area contributed by atoms with Crippen molar-refractivity contribution in [2.24, 2.45) is 11.8 Å². The highest BCUT2D eigenvalue weighted by Crippen LogP contribution is 2.24. The molecule has 0 aliphatic heterocycles. The summed E-state index contributed by atoms with van der Waals surface area (Å²) in [4.78, 5) is 28.4. The van der Waals surface area contributed by atoms with E-state index in [4.69, 9.17) is 0 Å². The van der Waals surface area contributed by atoms with E-state index >= 15 is 0 Å². The number of aromatic nitrogens is 1. The normalized spacial score (nSPS) is 12.4. The van der Waals surface area contributed by atoms with E-state index in [-0.39, 0.29) is 29.2 Å². The zero-order valence-corrected chi connectivity index (χ0v) is 17.8. The number of carbonyl (C=O) groups is 2. The summed E-state index contributed by atoms with van der Waals surface area (Å²) in [6, 6.07) is 13.9. The fourth-order valence-electron chi connectivity index (χ4n) is 4.07. The smallest absolute Gasteiger partial charge is 0.162 e. The maximum absolute atomic E-state index is 13.0. The summed E-state index contributed by atoms with van der Waals surface area (Å²) in [5.41, 5.74) is 2.95. The van der Waals surface area contributed by atoms with Crippen LogP contribution >= 0.6 is 0 Å². The second-order valence-electron chi connectivity index (χ2n) is 8.35. The van der Waals surface area contributed by atoms with E-state index < -0.39 is 0 Å². The Hall–Kier alpha value is -2.75. The molecule has 0 bridgehead atoms. The largest absolute Gasteiger partial charge is 0.361 e. The highest BCUT2D eigenvalue weighted by Gasteiger charge is 2.22. The molecule has 0 fully saturated rings. The maximum atomic E-state index is 13.0. The molecule has 0 amide bonds. The SMILES string of the molecule is CC(C)[C@H](CCC(=O)c1ccc(F)cc1)C(=O)CCCCc1c[nH]c2ccccc12. The highest BCUT2D eigenvalue weighted by atomic mass is 19.1. The minimum atomic E-state index is -0.352. The van der Waals surface area contributed by atoms with Crippen molar-refractivity contribution in [2.45, 2.75) is 52.4 Å². The van der Waals surface area contributed by atoms with Crippen LogP contribution in [0.5, 0.6) is 0 Å². The number of halogens is 1. The van der Waals surface area contributed by atoms with Gasteiger partial charge in [-0.1, -0.05) is 32.0 Å². The summed E-state index contributed by atoms with van der Waals surface area (Å²) < 4.78 is 13.0. The molecule has 0 saturated heterocycles. The summed E-state index contributed by atoms with van der Waals surface area (Å²) in [6.45, 7) is 4.08. The van der Waals surface area contributed by atoms with Crippen molar-refractivity contribution < 1.29 is 14.0 Å². The lowest BCUT2D eigenvalue weighted by molar-refractivity contribution is -0.124. The van der Waals surface area contributed by atoms with Crippen LogP contribution in [0, 0.1) is 17.7 Å². The van der Waals surface area contributed by atoms with E-state index in [1.54, 1.807) is 0 Å². The number of aryl methyl sites for hydroxylation is 1. The number of rotatable bonds is 11. The molecular weight excluding hydrogens is 377 g/mol. The Balaban J connectivity index is 1.46. The average Bonchev–Trinajstić information content (AvgIpc) is 3.14. The van der Waals surface area contributed by atoms with Crippen molar-refractivity contribution in [2.75, 3.05) is 0 Å². The Morgan fingerprint density at radius 1 is 0.967 bits per heavy atom. The van der Waals surface area contributed by atoms with Crippen molar-refractivity contribution in [3.63, 3.8) is 0 Å². The Bertz CT molecular complexity index is 988. The second kappa shape index (κ2) is 10.3. The summed E-state index contributed by atoms with van der Waals surface area (Å²) in [7, 11) is 0. The van der Waals surface area contributed by atoms with E-state index in [2.05, 4.69) is 23.3 Å². The fraction of sp³-hybridized carbons (Fsp3) is 0.385. The molecule has 1 N–H and O–H groups in total. The van der Waals surface area contributed by atoms with Crippen LogP contribution in [-0.4, -0.2) is 16.6 Å². The van der Waals surface area contributed by atoms with Crippen molar-refractivity contribution >= 4 is 22.5 Å². The predicted molar refractivity (Wildman–Crippen MR) is 119 cm³/mol. The van der Waals surface area contributed by atoms with Crippen LogP contribution in [0.1, 0.15) is 61.9 Å². The van der Waals surface area contributed by atoms with Gasteiger partial charge in [-0.05, 0) is 67.5 Å². The first-order valence-corrected chi connectivity index (χ1v) is 10.8. The molecular formula is C26H30FNO2. The van der Waals surface area contributed by atoms with E-state index in [0.717, 1.165) is 24.8 Å². The van der Waals surface area contributed by atoms with E-state index in [0.29, 0.717) is 24.8 Å². The number of benzene rings is 2. The number of hydrogen-bond donors (Lipinski definition) is 1. The van der Waals surface area contributed by atoms with Gasteiger partial charge in [-0.15, -0.1) is 0 Å². The molecule has 1 aromatic heterocycles. The van der Waals surface area contributed by atoms with E-state index in [1.807, 2.05) is 26.0 Å². The number of ketones is 2. The number of para-hydroxylation sites is 1. The summed E-state index contributed by atoms with van der Waals surface area (Å²) >= 11 is 0. The molecule has 158 valence electrons. The highest BCUT2D eigenvalue weighted by molar-refractivity contribution is 5.96. The topological polar surface area (TPSA) is 49.9 Å². The second-order valence-corrected chi connectivity index (χ2v) is 8.35. The van der Waals surface area contributed by atoms with Crippen molar-refractivity contribution in [3.8, 4) is 0 Å². The van der Waals surface area contributed by atoms with Crippen LogP contribution in [0.3, 0.4) is 0 Å². The number of nitrogens with one attached hydrogen (secondary N) is 1. The molecule has 4 heteroatoms. The molecule has 3 rings (SSSR count). The molecule has 0 aliphatic carbocycles. The maximum Gasteiger partial charge on any atom is 0.162 e. The lowest BCUT2D eigenvalue weighted by Crippen LogP contribution is -2.21. The molecule has 1 atom stereocenters. The molecule has 3 aromatic rings. The average molecular weight is 408 g/mol. The summed E-state index contributed by atoms with van der Waals surface area (Å²) in [5, 5.41) is 1.25. The van der Waals surface area contributed by atoms with Gasteiger partial charge < -0.3 is 4.98 Å². The standard InChI is InChI=1S/C26H30FNO2/c1-18(2)22(15-16-25(29)19-11-13-21(27)14-12-19)26(30)10-6-3-7-20-17-28-24-9-5-4-8-23(20)24/h4-5,8-9,11-14,17-18,22,28H,3,6-7,10,15-16H2,1-2H3/t22-/m0/s1. The third-order valence-corrected chi connectivity index (χ3v) is 5.86. The Kier molecular flexibility index (Phi) is 7.56. The van der Waals surface area contributed by atoms with Gasteiger partial charge in [0.05, 0.1) is 0 Å². The molecule has 0 aliphatic rings. The quantitative estimate of drug-likeness (QED) is 0.290. The molecule has 0 spiro atoms. The van der Waals surface area contributed by atoms with Gasteiger partial charge in [0, 0.05) is 41.4 Å². The Morgan fingerprint density at radius 3 is 2.43 bits per heavy atom. The van der Waals surface area contributed by atoms with E-state index in [9.17, 15) is 14.0 Å². The molecule has 3 nitrogen and oxygen atoms in total. The van der Waals surface area contributed by atoms with Crippen molar-refractivity contribution in [1.29, 1.82) is 0 Å². The van der Waals surface area contributed by atoms with Gasteiger partial charge in [0.1, 0.15) is 11.6 Å². The first-order chi connectivity index (χ1) is 14.5. The van der Waals surface area contributed by atoms with Crippen LogP contribution < -0.4 is 0 Å². The first kappa shape index (κ1) is 21.9. The number of hydrogen-bond acceptors (Lipinski definition) is 2. The van der Waals surface area contributed by atoms with Crippen LogP contribution in [-0.2, 0) is 11.2 Å². The van der Waals surface area contributed by atoms with Crippen LogP contribution in [0.15, 0.2) is 54.7 Å². The van der Waals surface area contributed by atoms with E-state index in [1.165, 1.54) is 35.2 Å². The van der Waals surface area contributed by atoms with Gasteiger partial charge in [0.15, 0.2) is 5.78 Å². The fourth-order valence-corrected chi connectivity index (χ4v) is 4.07. The van der Waals surface area contributed by atoms with Crippen molar-refractivity contribution in [1.82, 2.24) is 4.98 Å². The molecule has 1 heterocycles.